The van der Waals surface area contributed by atoms with Crippen LogP contribution in [0.3, 0.4) is 0 Å². The highest BCUT2D eigenvalue weighted by Gasteiger charge is 2.38. The number of halogens is 4. The topological polar surface area (TPSA) is 125 Å². The lowest BCUT2D eigenvalue weighted by atomic mass is 9.89. The number of ether oxygens (including phenoxy) is 1. The zero-order valence-corrected chi connectivity index (χ0v) is 22.7. The van der Waals surface area contributed by atoms with E-state index >= 15 is 0 Å². The van der Waals surface area contributed by atoms with E-state index in [0.29, 0.717) is 35.5 Å². The number of carboxylic acids is 1. The number of benzene rings is 1. The van der Waals surface area contributed by atoms with E-state index in [1.807, 2.05) is 0 Å². The molecular formula is C26H37F4N7O3. The van der Waals surface area contributed by atoms with E-state index in [1.165, 1.54) is 58.1 Å². The molecule has 1 unspecified atom stereocenters. The van der Waals surface area contributed by atoms with Gasteiger partial charge in [0.15, 0.2) is 11.6 Å². The number of likely N-dealkylation sites (tertiary alicyclic amines) is 1. The Bertz CT molecular complexity index is 1100. The summed E-state index contributed by atoms with van der Waals surface area (Å²) in [5, 5.41) is 17.1. The van der Waals surface area contributed by atoms with Crippen molar-refractivity contribution >= 4 is 29.5 Å². The molecule has 14 heteroatoms. The van der Waals surface area contributed by atoms with E-state index in [2.05, 4.69) is 42.7 Å². The Labute approximate surface area is 230 Å². The first-order chi connectivity index (χ1) is 19.1. The molecule has 1 atom stereocenters. The molecule has 1 aromatic carbocycles. The fourth-order valence-electron chi connectivity index (χ4n) is 4.84. The van der Waals surface area contributed by atoms with Crippen LogP contribution in [0, 0.1) is 11.7 Å². The molecule has 2 aliphatic rings. The number of aromatic nitrogens is 3. The first-order valence-electron chi connectivity index (χ1n) is 13.5. The average molecular weight is 572 g/mol. The summed E-state index contributed by atoms with van der Waals surface area (Å²) >= 11 is 0. The van der Waals surface area contributed by atoms with Gasteiger partial charge >= 0.3 is 12.1 Å². The van der Waals surface area contributed by atoms with Gasteiger partial charge < -0.3 is 25.8 Å². The van der Waals surface area contributed by atoms with E-state index in [9.17, 15) is 17.6 Å². The Morgan fingerprint density at radius 3 is 2.23 bits per heavy atom. The summed E-state index contributed by atoms with van der Waals surface area (Å²) in [6, 6.07) is 5.19. The second kappa shape index (κ2) is 14.8. The van der Waals surface area contributed by atoms with Crippen LogP contribution in [0.25, 0.3) is 0 Å². The van der Waals surface area contributed by atoms with Crippen molar-refractivity contribution in [3.8, 4) is 5.75 Å². The van der Waals surface area contributed by atoms with E-state index in [1.54, 1.807) is 12.1 Å². The molecule has 0 radical (unpaired) electrons. The molecule has 0 spiro atoms. The third-order valence-corrected chi connectivity index (χ3v) is 6.96. The maximum atomic E-state index is 14.2. The number of hydrogen-bond donors (Lipinski definition) is 4. The summed E-state index contributed by atoms with van der Waals surface area (Å²) in [6.07, 6.45) is 3.72. The van der Waals surface area contributed by atoms with E-state index in [4.69, 9.17) is 14.6 Å². The van der Waals surface area contributed by atoms with Crippen molar-refractivity contribution in [3.63, 3.8) is 0 Å². The highest BCUT2D eigenvalue weighted by molar-refractivity contribution is 5.73. The zero-order valence-electron chi connectivity index (χ0n) is 22.7. The molecule has 1 saturated carbocycles. The molecule has 2 heterocycles. The molecule has 10 nitrogen and oxygen atoms in total. The van der Waals surface area contributed by atoms with Gasteiger partial charge in [-0.2, -0.15) is 28.1 Å². The van der Waals surface area contributed by atoms with Crippen molar-refractivity contribution in [2.45, 2.75) is 64.1 Å². The number of nitrogens with one attached hydrogen (secondary N) is 3. The van der Waals surface area contributed by atoms with Crippen molar-refractivity contribution in [3.05, 3.63) is 24.0 Å². The number of hydrogen-bond acceptors (Lipinski definition) is 9. The molecule has 222 valence electrons. The number of carbonyl (C=O) groups is 1. The van der Waals surface area contributed by atoms with Crippen LogP contribution in [0.1, 0.15) is 51.9 Å². The molecule has 0 bridgehead atoms. The molecular weight excluding hydrogens is 534 g/mol. The van der Waals surface area contributed by atoms with Crippen LogP contribution in [-0.2, 0) is 4.79 Å². The highest BCUT2D eigenvalue weighted by atomic mass is 19.4. The monoisotopic (exact) mass is 571 g/mol. The largest absolute Gasteiger partial charge is 0.494 e. The van der Waals surface area contributed by atoms with Gasteiger partial charge in [-0.3, -0.25) is 4.90 Å². The zero-order chi connectivity index (χ0) is 29.1. The lowest BCUT2D eigenvalue weighted by Crippen LogP contribution is -2.35. The maximum absolute atomic E-state index is 14.2. The second-order valence-corrected chi connectivity index (χ2v) is 9.77. The molecule has 1 aromatic heterocycles. The Morgan fingerprint density at radius 2 is 1.65 bits per heavy atom. The van der Waals surface area contributed by atoms with E-state index in [0.717, 1.165) is 26.2 Å². The van der Waals surface area contributed by atoms with Crippen molar-refractivity contribution in [2.75, 3.05) is 49.2 Å². The summed E-state index contributed by atoms with van der Waals surface area (Å²) < 4.78 is 50.9. The molecule has 2 fully saturated rings. The number of likely N-dealkylation sites (N-methyl/N-ethyl adjacent to an activating group) is 1. The average Bonchev–Trinajstić information content (AvgIpc) is 3.39. The normalized spacial score (nSPS) is 18.0. The molecule has 40 heavy (non-hydrogen) atoms. The summed E-state index contributed by atoms with van der Waals surface area (Å²) in [4.78, 5) is 25.1. The second-order valence-electron chi connectivity index (χ2n) is 9.77. The number of nitrogens with zero attached hydrogens (tertiary/aromatic N) is 4. The smallest absolute Gasteiger partial charge is 0.490 e. The van der Waals surface area contributed by atoms with Gasteiger partial charge in [0.05, 0.1) is 7.11 Å². The fourth-order valence-corrected chi connectivity index (χ4v) is 4.84. The van der Waals surface area contributed by atoms with E-state index < -0.39 is 18.0 Å². The molecule has 1 aliphatic carbocycles. The predicted octanol–water partition coefficient (Wildman–Crippen LogP) is 5.28. The summed E-state index contributed by atoms with van der Waals surface area (Å²) in [5.74, 6) is -0.911. The van der Waals surface area contributed by atoms with Gasteiger partial charge in [-0.05, 0) is 56.8 Å². The predicted molar refractivity (Wildman–Crippen MR) is 144 cm³/mol. The molecule has 4 N–H and O–H groups in total. The standard InChI is InChI=1S/C24H36FN7O.C2HF3O2/c1-3-32-13-7-10-19(32)16-27-23-29-22(26-15-17-8-5-4-6-9-17)30-24(31-23)28-18-11-12-21(33-2)20(25)14-18;3-2(4,5)1(6)7/h11-12,14,17,19H,3-10,13,15-16H2,1-2H3,(H3,26,27,28,29,30,31);(H,6,7). The first kappa shape index (κ1) is 31.1. The molecule has 2 aromatic rings. The number of methoxy groups -OCH3 is 1. The minimum Gasteiger partial charge on any atom is -0.494 e. The van der Waals surface area contributed by atoms with Gasteiger partial charge in [-0.1, -0.05) is 26.2 Å². The SMILES string of the molecule is CCN1CCCC1CNc1nc(NCC2CCCCC2)nc(Nc2ccc(OC)c(F)c2)n1.O=C(O)C(F)(F)F. The number of alkyl halides is 3. The Balaban J connectivity index is 0.000000559. The minimum absolute atomic E-state index is 0.199. The van der Waals surface area contributed by atoms with Gasteiger partial charge in [0, 0.05) is 30.9 Å². The van der Waals surface area contributed by atoms with Crippen LogP contribution in [-0.4, -0.2) is 76.4 Å². The lowest BCUT2D eigenvalue weighted by Gasteiger charge is -2.23. The summed E-state index contributed by atoms with van der Waals surface area (Å²) in [6.45, 7) is 6.03. The van der Waals surface area contributed by atoms with Crippen molar-refractivity contribution in [1.82, 2.24) is 19.9 Å². The van der Waals surface area contributed by atoms with Gasteiger partial charge in [-0.15, -0.1) is 0 Å². The van der Waals surface area contributed by atoms with Crippen molar-refractivity contribution in [2.24, 2.45) is 5.92 Å². The minimum atomic E-state index is -5.08. The third-order valence-electron chi connectivity index (χ3n) is 6.96. The quantitative estimate of drug-likeness (QED) is 0.280. The van der Waals surface area contributed by atoms with E-state index in [-0.39, 0.29) is 5.75 Å². The molecule has 1 aliphatic heterocycles. The van der Waals surface area contributed by atoms with Crippen LogP contribution < -0.4 is 20.7 Å². The van der Waals surface area contributed by atoms with Crippen LogP contribution in [0.2, 0.25) is 0 Å². The third kappa shape index (κ3) is 9.65. The lowest BCUT2D eigenvalue weighted by molar-refractivity contribution is -0.192. The van der Waals surface area contributed by atoms with Gasteiger partial charge in [0.2, 0.25) is 17.8 Å². The number of carboxylic acid groups (broad SMARTS) is 1. The molecule has 0 amide bonds. The number of aliphatic carboxylic acids is 1. The van der Waals surface area contributed by atoms with Gasteiger partial charge in [0.25, 0.3) is 0 Å². The summed E-state index contributed by atoms with van der Waals surface area (Å²) in [5.41, 5.74) is 0.552. The van der Waals surface area contributed by atoms with Crippen LogP contribution in [0.5, 0.6) is 5.75 Å². The molecule has 4 rings (SSSR count). The first-order valence-corrected chi connectivity index (χ1v) is 13.5. The van der Waals surface area contributed by atoms with Crippen LogP contribution in [0.15, 0.2) is 18.2 Å². The van der Waals surface area contributed by atoms with Crippen molar-refractivity contribution < 1.29 is 32.2 Å². The highest BCUT2D eigenvalue weighted by Crippen LogP contribution is 2.25. The van der Waals surface area contributed by atoms with Crippen LogP contribution in [0.4, 0.5) is 41.1 Å². The Hall–Kier alpha value is -3.42. The van der Waals surface area contributed by atoms with Crippen molar-refractivity contribution in [1.29, 1.82) is 0 Å². The Morgan fingerprint density at radius 1 is 1.02 bits per heavy atom. The molecule has 1 saturated heterocycles. The fraction of sp³-hybridized carbons (Fsp3) is 0.615. The summed E-state index contributed by atoms with van der Waals surface area (Å²) in [7, 11) is 1.45. The number of anilines is 4. The van der Waals surface area contributed by atoms with Gasteiger partial charge in [0.1, 0.15) is 0 Å². The Kier molecular flexibility index (Phi) is 11.5. The number of rotatable bonds is 10. The van der Waals surface area contributed by atoms with Gasteiger partial charge in [-0.25, -0.2) is 9.18 Å². The van der Waals surface area contributed by atoms with Crippen LogP contribution >= 0.6 is 0 Å². The maximum Gasteiger partial charge on any atom is 0.490 e.